The SMILES string of the molecule is C[C@@H]1C(=O)CC[C@]2(c3ccccc3)c3[nH]nc(-c4cnn(-c5ccc(C#N)cc5)c4)c3CC[C@@H]12. The highest BCUT2D eigenvalue weighted by atomic mass is 16.1. The van der Waals surface area contributed by atoms with E-state index in [9.17, 15) is 4.79 Å². The molecule has 0 aliphatic heterocycles. The van der Waals surface area contributed by atoms with E-state index in [0.717, 1.165) is 41.9 Å². The van der Waals surface area contributed by atoms with Crippen LogP contribution in [-0.2, 0) is 16.6 Å². The fraction of sp³-hybridized carbons (Fsp3) is 0.286. The van der Waals surface area contributed by atoms with Crippen LogP contribution < -0.4 is 0 Å². The average molecular weight is 448 g/mol. The lowest BCUT2D eigenvalue weighted by atomic mass is 9.53. The Morgan fingerprint density at radius 1 is 1.12 bits per heavy atom. The highest BCUT2D eigenvalue weighted by Crippen LogP contribution is 2.55. The van der Waals surface area contributed by atoms with Gasteiger partial charge in [0.25, 0.3) is 0 Å². The van der Waals surface area contributed by atoms with E-state index in [4.69, 9.17) is 10.4 Å². The van der Waals surface area contributed by atoms with Gasteiger partial charge < -0.3 is 0 Å². The van der Waals surface area contributed by atoms with E-state index in [2.05, 4.69) is 47.5 Å². The maximum Gasteiger partial charge on any atom is 0.136 e. The first-order chi connectivity index (χ1) is 16.6. The number of nitrogens with zero attached hydrogens (tertiary/aromatic N) is 4. The molecule has 0 bridgehead atoms. The third-order valence-corrected chi connectivity index (χ3v) is 7.93. The summed E-state index contributed by atoms with van der Waals surface area (Å²) >= 11 is 0. The van der Waals surface area contributed by atoms with Gasteiger partial charge in [0, 0.05) is 40.8 Å². The molecule has 34 heavy (non-hydrogen) atoms. The monoisotopic (exact) mass is 447 g/mol. The third kappa shape index (κ3) is 2.97. The maximum absolute atomic E-state index is 12.7. The quantitative estimate of drug-likeness (QED) is 0.480. The number of carbonyl (C=O) groups is 1. The Bertz CT molecular complexity index is 1410. The zero-order valence-corrected chi connectivity index (χ0v) is 19.0. The van der Waals surface area contributed by atoms with Gasteiger partial charge >= 0.3 is 0 Å². The number of hydrogen-bond donors (Lipinski definition) is 1. The summed E-state index contributed by atoms with van der Waals surface area (Å²) in [5, 5.41) is 21.8. The van der Waals surface area contributed by atoms with Crippen LogP contribution in [0.4, 0.5) is 0 Å². The number of H-pyrrole nitrogens is 1. The van der Waals surface area contributed by atoms with Crippen LogP contribution >= 0.6 is 0 Å². The molecule has 2 aliphatic rings. The molecule has 0 radical (unpaired) electrons. The van der Waals surface area contributed by atoms with Crippen molar-refractivity contribution in [3.8, 4) is 23.0 Å². The van der Waals surface area contributed by atoms with Gasteiger partial charge in [0.1, 0.15) is 5.78 Å². The van der Waals surface area contributed by atoms with Crippen LogP contribution in [0.5, 0.6) is 0 Å². The highest BCUT2D eigenvalue weighted by Gasteiger charge is 2.53. The van der Waals surface area contributed by atoms with E-state index in [-0.39, 0.29) is 17.3 Å². The number of hydrogen-bond acceptors (Lipinski definition) is 4. The molecule has 0 amide bonds. The molecule has 3 atom stereocenters. The lowest BCUT2D eigenvalue weighted by Gasteiger charge is -2.49. The molecule has 168 valence electrons. The van der Waals surface area contributed by atoms with E-state index < -0.39 is 0 Å². The van der Waals surface area contributed by atoms with E-state index >= 15 is 0 Å². The highest BCUT2D eigenvalue weighted by molar-refractivity contribution is 5.83. The molecule has 6 heteroatoms. The van der Waals surface area contributed by atoms with Gasteiger partial charge in [-0.3, -0.25) is 9.89 Å². The van der Waals surface area contributed by atoms with E-state index in [0.29, 0.717) is 17.8 Å². The predicted molar refractivity (Wildman–Crippen MR) is 128 cm³/mol. The Labute approximate surface area is 198 Å². The molecule has 4 aromatic rings. The van der Waals surface area contributed by atoms with Gasteiger partial charge in [0.15, 0.2) is 0 Å². The minimum Gasteiger partial charge on any atom is -0.299 e. The molecule has 6 nitrogen and oxygen atoms in total. The second-order valence-electron chi connectivity index (χ2n) is 9.50. The first-order valence-corrected chi connectivity index (χ1v) is 11.8. The van der Waals surface area contributed by atoms with Crippen molar-refractivity contribution in [1.82, 2.24) is 20.0 Å². The molecule has 1 saturated carbocycles. The molecule has 0 spiro atoms. The largest absolute Gasteiger partial charge is 0.299 e. The van der Waals surface area contributed by atoms with Crippen LogP contribution in [0.1, 0.15) is 48.6 Å². The fourth-order valence-electron chi connectivity index (χ4n) is 6.22. The lowest BCUT2D eigenvalue weighted by molar-refractivity contribution is -0.128. The zero-order valence-electron chi connectivity index (χ0n) is 19.0. The number of nitrogens with one attached hydrogen (secondary N) is 1. The van der Waals surface area contributed by atoms with E-state index in [1.165, 1.54) is 11.1 Å². The van der Waals surface area contributed by atoms with Gasteiger partial charge in [-0.2, -0.15) is 15.5 Å². The van der Waals surface area contributed by atoms with Crippen molar-refractivity contribution >= 4 is 5.78 Å². The Balaban J connectivity index is 1.44. The molecule has 0 unspecified atom stereocenters. The molecule has 1 fully saturated rings. The van der Waals surface area contributed by atoms with Gasteiger partial charge in [-0.25, -0.2) is 4.68 Å². The van der Waals surface area contributed by atoms with Crippen molar-refractivity contribution in [2.24, 2.45) is 11.8 Å². The smallest absolute Gasteiger partial charge is 0.136 e. The van der Waals surface area contributed by atoms with Gasteiger partial charge in [-0.15, -0.1) is 0 Å². The molecule has 2 heterocycles. The summed E-state index contributed by atoms with van der Waals surface area (Å²) in [5.74, 6) is 0.676. The first-order valence-electron chi connectivity index (χ1n) is 11.8. The van der Waals surface area contributed by atoms with Crippen molar-refractivity contribution in [2.45, 2.75) is 38.0 Å². The summed E-state index contributed by atoms with van der Waals surface area (Å²) in [6, 6.07) is 20.2. The summed E-state index contributed by atoms with van der Waals surface area (Å²) in [6.45, 7) is 2.10. The summed E-state index contributed by atoms with van der Waals surface area (Å²) in [4.78, 5) is 12.7. The number of aromatic nitrogens is 4. The fourth-order valence-corrected chi connectivity index (χ4v) is 6.22. The summed E-state index contributed by atoms with van der Waals surface area (Å²) in [7, 11) is 0. The van der Waals surface area contributed by atoms with Crippen LogP contribution in [0.25, 0.3) is 16.9 Å². The predicted octanol–water partition coefficient (Wildman–Crippen LogP) is 4.98. The second-order valence-corrected chi connectivity index (χ2v) is 9.50. The molecule has 2 aliphatic carbocycles. The molecule has 1 N–H and O–H groups in total. The van der Waals surface area contributed by atoms with Crippen LogP contribution in [-0.4, -0.2) is 25.8 Å². The first kappa shape index (κ1) is 20.6. The van der Waals surface area contributed by atoms with Crippen molar-refractivity contribution in [3.63, 3.8) is 0 Å². The lowest BCUT2D eigenvalue weighted by Crippen LogP contribution is -2.49. The average Bonchev–Trinajstić information content (AvgIpc) is 3.54. The van der Waals surface area contributed by atoms with Crippen molar-refractivity contribution in [3.05, 3.63) is 89.4 Å². The number of aromatic amines is 1. The number of Topliss-reactive ketones (excluding diaryl/α,β-unsaturated/α-hetero) is 1. The maximum atomic E-state index is 12.7. The molecule has 0 saturated heterocycles. The van der Waals surface area contributed by atoms with Gasteiger partial charge in [0.05, 0.1) is 29.2 Å². The molecule has 2 aromatic heterocycles. The van der Waals surface area contributed by atoms with Crippen molar-refractivity contribution in [1.29, 1.82) is 5.26 Å². The number of fused-ring (bicyclic) bond motifs is 3. The van der Waals surface area contributed by atoms with Crippen LogP contribution in [0.2, 0.25) is 0 Å². The van der Waals surface area contributed by atoms with Crippen molar-refractivity contribution in [2.75, 3.05) is 0 Å². The zero-order chi connectivity index (χ0) is 23.3. The number of nitriles is 1. The minimum absolute atomic E-state index is 0.0352. The molecule has 6 rings (SSSR count). The van der Waals surface area contributed by atoms with Gasteiger partial charge in [0.2, 0.25) is 0 Å². The Morgan fingerprint density at radius 3 is 2.68 bits per heavy atom. The van der Waals surface area contributed by atoms with Crippen LogP contribution in [0, 0.1) is 23.2 Å². The molecule has 2 aromatic carbocycles. The van der Waals surface area contributed by atoms with Crippen LogP contribution in [0.3, 0.4) is 0 Å². The number of rotatable bonds is 3. The Hall–Kier alpha value is -3.98. The summed E-state index contributed by atoms with van der Waals surface area (Å²) in [6.07, 6.45) is 7.10. The number of carbonyl (C=O) groups excluding carboxylic acids is 1. The topological polar surface area (TPSA) is 87.4 Å². The van der Waals surface area contributed by atoms with E-state index in [1.54, 1.807) is 12.1 Å². The van der Waals surface area contributed by atoms with E-state index in [1.807, 2.05) is 35.3 Å². The number of benzene rings is 2. The van der Waals surface area contributed by atoms with Gasteiger partial charge in [-0.05, 0) is 55.0 Å². The second kappa shape index (κ2) is 7.81. The molecular formula is C28H25N5O. The normalized spacial score (nSPS) is 23.7. The number of ketones is 1. The summed E-state index contributed by atoms with van der Waals surface area (Å²) < 4.78 is 1.82. The van der Waals surface area contributed by atoms with Crippen molar-refractivity contribution < 1.29 is 4.79 Å². The third-order valence-electron chi connectivity index (χ3n) is 7.93. The van der Waals surface area contributed by atoms with Gasteiger partial charge in [-0.1, -0.05) is 37.3 Å². The standard InChI is InChI=1S/C28H25N5O/c1-18-24-12-11-23-26(20-16-30-33(17-20)22-9-7-19(15-29)8-10-22)31-32-27(23)28(24,14-13-25(18)34)21-5-3-2-4-6-21/h2-10,16-18,24H,11-14H2,1H3,(H,31,32)/t18-,24-,28+/m0/s1. The Kier molecular flexibility index (Phi) is 4.73. The van der Waals surface area contributed by atoms with Crippen LogP contribution in [0.15, 0.2) is 67.0 Å². The Morgan fingerprint density at radius 2 is 1.91 bits per heavy atom. The minimum atomic E-state index is -0.226. The molecular weight excluding hydrogens is 422 g/mol. The summed E-state index contributed by atoms with van der Waals surface area (Å²) in [5.41, 5.74) is 6.86.